The highest BCUT2D eigenvalue weighted by Gasteiger charge is 2.54. The van der Waals surface area contributed by atoms with Gasteiger partial charge in [-0.2, -0.15) is 0 Å². The Morgan fingerprint density at radius 1 is 1.34 bits per heavy atom. The fourth-order valence-electron chi connectivity index (χ4n) is 3.93. The van der Waals surface area contributed by atoms with Gasteiger partial charge in [0.25, 0.3) is 11.8 Å². The Balaban J connectivity index is 1.31. The molecular formula is C21H19N7O7S3. The second-order valence-electron chi connectivity index (χ2n) is 8.00. The minimum atomic E-state index is -1.26. The van der Waals surface area contributed by atoms with Gasteiger partial charge in [-0.1, -0.05) is 16.9 Å². The van der Waals surface area contributed by atoms with Crippen molar-refractivity contribution in [2.24, 2.45) is 5.16 Å². The summed E-state index contributed by atoms with van der Waals surface area (Å²) < 4.78 is 0. The quantitative estimate of drug-likeness (QED) is 0.0723. The number of thiazole rings is 1. The summed E-state index contributed by atoms with van der Waals surface area (Å²) in [5.41, 5.74) is 6.97. The van der Waals surface area contributed by atoms with Gasteiger partial charge in [-0.25, -0.2) is 14.8 Å². The molecule has 2 atom stereocenters. The van der Waals surface area contributed by atoms with Gasteiger partial charge in [0.15, 0.2) is 27.5 Å². The van der Waals surface area contributed by atoms with Crippen LogP contribution < -0.4 is 11.1 Å². The number of imidazole rings is 1. The van der Waals surface area contributed by atoms with Crippen LogP contribution in [0.5, 0.6) is 11.5 Å². The number of carbonyl (C=O) groups is 3. The minimum absolute atomic E-state index is 0.138. The molecule has 17 heteroatoms. The number of nitrogen functional groups attached to an aromatic ring is 1. The number of carboxylic acids is 1. The molecule has 2 aliphatic rings. The van der Waals surface area contributed by atoms with Crippen molar-refractivity contribution in [2.75, 3.05) is 24.3 Å². The number of β-lactam (4-membered cyclic amide) rings is 1. The second kappa shape index (κ2) is 10.1. The number of amides is 2. The third-order valence-corrected chi connectivity index (χ3v) is 8.61. The molecular weight excluding hydrogens is 558 g/mol. The number of nitrogens with zero attached hydrogens (tertiary/aromatic N) is 4. The van der Waals surface area contributed by atoms with E-state index in [-0.39, 0.29) is 39.5 Å². The van der Waals surface area contributed by atoms with Crippen molar-refractivity contribution >= 4 is 74.5 Å². The lowest BCUT2D eigenvalue weighted by atomic mass is 10.0. The first-order valence-electron chi connectivity index (χ1n) is 10.8. The normalized spacial score (nSPS) is 19.3. The number of fused-ring (bicyclic) bond motifs is 2. The summed E-state index contributed by atoms with van der Waals surface area (Å²) in [7, 11) is 1.26. The van der Waals surface area contributed by atoms with Crippen LogP contribution in [0.1, 0.15) is 5.69 Å². The molecule has 14 nitrogen and oxygen atoms in total. The zero-order valence-corrected chi connectivity index (χ0v) is 21.8. The van der Waals surface area contributed by atoms with Gasteiger partial charge in [-0.05, 0) is 5.57 Å². The second-order valence-corrected chi connectivity index (χ2v) is 11.0. The Morgan fingerprint density at radius 3 is 2.79 bits per heavy atom. The minimum Gasteiger partial charge on any atom is -0.504 e. The number of rotatable bonds is 8. The van der Waals surface area contributed by atoms with Crippen LogP contribution in [-0.2, 0) is 19.2 Å². The SMILES string of the molecule is CO/N=C(\C(=O)N[C@@H]1C(=O)N2C(C(=O)O)=C(CSc3nc4cc(O)c(O)cc4[nH]3)CS[C@H]12)c1csc(N)n1. The highest BCUT2D eigenvalue weighted by atomic mass is 32.2. The van der Waals surface area contributed by atoms with Gasteiger partial charge >= 0.3 is 5.97 Å². The van der Waals surface area contributed by atoms with Gasteiger partial charge in [0, 0.05) is 29.0 Å². The molecule has 0 unspecified atom stereocenters. The Bertz CT molecular complexity index is 1490. The Labute approximate surface area is 225 Å². The topological polar surface area (TPSA) is 216 Å². The zero-order chi connectivity index (χ0) is 27.1. The van der Waals surface area contributed by atoms with Crippen LogP contribution in [0.15, 0.2) is 39.1 Å². The molecule has 3 aromatic rings. The third kappa shape index (κ3) is 4.59. The monoisotopic (exact) mass is 577 g/mol. The number of phenols is 2. The summed E-state index contributed by atoms with van der Waals surface area (Å²) in [6.45, 7) is 0. The number of phenolic OH excluding ortho intramolecular Hbond substituents is 2. The van der Waals surface area contributed by atoms with E-state index in [1.54, 1.807) is 0 Å². The molecule has 1 aromatic carbocycles. The number of aliphatic carboxylic acids is 1. The highest BCUT2D eigenvalue weighted by Crippen LogP contribution is 2.41. The Morgan fingerprint density at radius 2 is 2.11 bits per heavy atom. The van der Waals surface area contributed by atoms with Crippen LogP contribution in [0.3, 0.4) is 0 Å². The van der Waals surface area contributed by atoms with Crippen molar-refractivity contribution in [3.8, 4) is 11.5 Å². The van der Waals surface area contributed by atoms with Crippen molar-refractivity contribution in [3.63, 3.8) is 0 Å². The lowest BCUT2D eigenvalue weighted by Crippen LogP contribution is -2.71. The van der Waals surface area contributed by atoms with Gasteiger partial charge in [0.1, 0.15) is 29.9 Å². The molecule has 2 aliphatic heterocycles. The number of hydrogen-bond donors (Lipinski definition) is 6. The smallest absolute Gasteiger partial charge is 0.352 e. The van der Waals surface area contributed by atoms with E-state index in [1.165, 1.54) is 53.0 Å². The molecule has 0 aliphatic carbocycles. The van der Waals surface area contributed by atoms with Crippen LogP contribution in [0.4, 0.5) is 5.13 Å². The van der Waals surface area contributed by atoms with E-state index in [0.29, 0.717) is 27.5 Å². The first kappa shape index (κ1) is 25.7. The lowest BCUT2D eigenvalue weighted by Gasteiger charge is -2.49. The number of nitrogens with two attached hydrogens (primary N) is 1. The molecule has 0 radical (unpaired) electrons. The van der Waals surface area contributed by atoms with Gasteiger partial charge in [-0.3, -0.25) is 14.5 Å². The largest absolute Gasteiger partial charge is 0.504 e. The predicted octanol–water partition coefficient (Wildman–Crippen LogP) is 0.894. The number of H-pyrrole nitrogens is 1. The van der Waals surface area contributed by atoms with Crippen LogP contribution >= 0.6 is 34.9 Å². The average Bonchev–Trinajstić information content (AvgIpc) is 3.49. The van der Waals surface area contributed by atoms with Crippen LogP contribution in [0, 0.1) is 0 Å². The molecule has 38 heavy (non-hydrogen) atoms. The molecule has 0 saturated carbocycles. The number of oxime groups is 1. The summed E-state index contributed by atoms with van der Waals surface area (Å²) in [5, 5.41) is 37.1. The van der Waals surface area contributed by atoms with Crippen molar-refractivity contribution in [1.29, 1.82) is 0 Å². The van der Waals surface area contributed by atoms with Crippen LogP contribution in [0.2, 0.25) is 0 Å². The van der Waals surface area contributed by atoms with E-state index in [4.69, 9.17) is 10.6 Å². The number of benzene rings is 1. The van der Waals surface area contributed by atoms with Crippen molar-refractivity contribution in [2.45, 2.75) is 16.6 Å². The fourth-order valence-corrected chi connectivity index (χ4v) is 6.85. The van der Waals surface area contributed by atoms with Crippen molar-refractivity contribution in [3.05, 3.63) is 34.5 Å². The number of anilines is 1. The first-order chi connectivity index (χ1) is 18.2. The summed E-state index contributed by atoms with van der Waals surface area (Å²) in [6, 6.07) is 1.68. The maximum atomic E-state index is 13.0. The number of hydrogen-bond acceptors (Lipinski definition) is 13. The standard InChI is InChI=1S/C21H19N7O7S3/c1-35-27-13(10-6-37-20(22)23-10)16(31)26-14-17(32)28-15(19(33)34)7(4-36-18(14)28)5-38-21-24-8-2-11(29)12(30)3-9(8)25-21/h2-3,6,14,18,29-30H,4-5H2,1H3,(H2,22,23)(H,24,25)(H,26,31)(H,33,34)/b27-13-/t14-,18-/m1/s1. The number of thioether (sulfide) groups is 2. The molecule has 2 amide bonds. The van der Waals surface area contributed by atoms with E-state index in [0.717, 1.165) is 11.3 Å². The average molecular weight is 578 g/mol. The number of nitrogens with one attached hydrogen (secondary N) is 2. The molecule has 7 N–H and O–H groups in total. The number of carbonyl (C=O) groups excluding carboxylic acids is 2. The maximum Gasteiger partial charge on any atom is 0.352 e. The fraction of sp³-hybridized carbons (Fsp3) is 0.238. The van der Waals surface area contributed by atoms with E-state index in [1.807, 2.05) is 0 Å². The number of aromatic nitrogens is 3. The van der Waals surface area contributed by atoms with Gasteiger partial charge in [-0.15, -0.1) is 23.1 Å². The number of aromatic amines is 1. The van der Waals surface area contributed by atoms with Crippen molar-refractivity contribution < 1.29 is 34.5 Å². The van der Waals surface area contributed by atoms with E-state index >= 15 is 0 Å². The number of aromatic hydroxyl groups is 2. The molecule has 1 fully saturated rings. The summed E-state index contributed by atoms with van der Waals surface area (Å²) in [4.78, 5) is 55.3. The third-order valence-electron chi connectivity index (χ3n) is 5.64. The maximum absolute atomic E-state index is 13.0. The van der Waals surface area contributed by atoms with Crippen molar-refractivity contribution in [1.82, 2.24) is 25.2 Å². The van der Waals surface area contributed by atoms with E-state index in [2.05, 4.69) is 25.4 Å². The van der Waals surface area contributed by atoms with E-state index in [9.17, 15) is 29.7 Å². The molecule has 5 rings (SSSR count). The van der Waals surface area contributed by atoms with Gasteiger partial charge < -0.3 is 36.2 Å². The van der Waals surface area contributed by atoms with Crippen LogP contribution in [-0.4, -0.2) is 88.7 Å². The van der Waals surface area contributed by atoms with Gasteiger partial charge in [0.05, 0.1) is 11.0 Å². The molecule has 4 heterocycles. The molecule has 2 aromatic heterocycles. The highest BCUT2D eigenvalue weighted by molar-refractivity contribution is 8.01. The lowest BCUT2D eigenvalue weighted by molar-refractivity contribution is -0.150. The summed E-state index contributed by atoms with van der Waals surface area (Å²) in [6.07, 6.45) is 0. The number of carboxylic acid groups (broad SMARTS) is 1. The molecule has 198 valence electrons. The zero-order valence-electron chi connectivity index (χ0n) is 19.4. The predicted molar refractivity (Wildman–Crippen MR) is 140 cm³/mol. The van der Waals surface area contributed by atoms with Gasteiger partial charge in [0.2, 0.25) is 0 Å². The molecule has 0 spiro atoms. The van der Waals surface area contributed by atoms with Crippen LogP contribution in [0.25, 0.3) is 11.0 Å². The Kier molecular flexibility index (Phi) is 6.80. The first-order valence-corrected chi connectivity index (χ1v) is 13.7. The molecule has 1 saturated heterocycles. The summed E-state index contributed by atoms with van der Waals surface area (Å²) in [5.74, 6) is -2.62. The Hall–Kier alpha value is -3.96. The van der Waals surface area contributed by atoms with E-state index < -0.39 is 29.2 Å². The summed E-state index contributed by atoms with van der Waals surface area (Å²) >= 11 is 3.65. The molecule has 0 bridgehead atoms.